The summed E-state index contributed by atoms with van der Waals surface area (Å²) in [4.78, 5) is 12.0. The van der Waals surface area contributed by atoms with Crippen LogP contribution in [0, 0.1) is 5.92 Å². The van der Waals surface area contributed by atoms with Gasteiger partial charge < -0.3 is 11.1 Å². The first-order valence-electron chi connectivity index (χ1n) is 5.54. The highest BCUT2D eigenvalue weighted by Gasteiger charge is 2.29. The van der Waals surface area contributed by atoms with Gasteiger partial charge in [0.2, 0.25) is 0 Å². The molecule has 1 unspecified atom stereocenters. The van der Waals surface area contributed by atoms with Gasteiger partial charge in [-0.15, -0.1) is 0 Å². The quantitative estimate of drug-likeness (QED) is 0.841. The number of amides is 1. The standard InChI is InChI=1S/C12H14BrClN2O/c1-6(7-2-3-7)16-12(17)9-4-8(14)5-10(13)11(9)15/h4-7H,2-3,15H2,1H3,(H,16,17). The third-order valence-electron chi connectivity index (χ3n) is 3.03. The maximum absolute atomic E-state index is 12.0. The van der Waals surface area contributed by atoms with Crippen molar-refractivity contribution in [2.24, 2.45) is 5.92 Å². The minimum atomic E-state index is -0.162. The molecule has 17 heavy (non-hydrogen) atoms. The molecule has 0 spiro atoms. The fourth-order valence-electron chi connectivity index (χ4n) is 1.77. The molecule has 0 aromatic heterocycles. The lowest BCUT2D eigenvalue weighted by molar-refractivity contribution is 0.0936. The summed E-state index contributed by atoms with van der Waals surface area (Å²) in [6.07, 6.45) is 2.38. The van der Waals surface area contributed by atoms with E-state index in [-0.39, 0.29) is 11.9 Å². The first-order valence-corrected chi connectivity index (χ1v) is 6.71. The highest BCUT2D eigenvalue weighted by Crippen LogP contribution is 2.33. The highest BCUT2D eigenvalue weighted by atomic mass is 79.9. The summed E-state index contributed by atoms with van der Waals surface area (Å²) in [5, 5.41) is 3.45. The van der Waals surface area contributed by atoms with Crippen molar-refractivity contribution in [3.63, 3.8) is 0 Å². The van der Waals surface area contributed by atoms with Crippen molar-refractivity contribution in [3.8, 4) is 0 Å². The molecular weight excluding hydrogens is 304 g/mol. The molecule has 2 rings (SSSR count). The van der Waals surface area contributed by atoms with E-state index >= 15 is 0 Å². The Hall–Kier alpha value is -0.740. The Morgan fingerprint density at radius 3 is 2.82 bits per heavy atom. The van der Waals surface area contributed by atoms with Crippen LogP contribution >= 0.6 is 27.5 Å². The van der Waals surface area contributed by atoms with E-state index in [0.717, 1.165) is 0 Å². The first kappa shape index (κ1) is 12.7. The fourth-order valence-corrected chi connectivity index (χ4v) is 2.58. The monoisotopic (exact) mass is 316 g/mol. The first-order chi connectivity index (χ1) is 7.99. The third kappa shape index (κ3) is 2.93. The minimum absolute atomic E-state index is 0.162. The lowest BCUT2D eigenvalue weighted by Gasteiger charge is -2.14. The van der Waals surface area contributed by atoms with Crippen LogP contribution in [0.1, 0.15) is 30.1 Å². The SMILES string of the molecule is CC(NC(=O)c1cc(Cl)cc(Br)c1N)C1CC1. The highest BCUT2D eigenvalue weighted by molar-refractivity contribution is 9.10. The van der Waals surface area contributed by atoms with Crippen LogP contribution in [0.25, 0.3) is 0 Å². The van der Waals surface area contributed by atoms with Gasteiger partial charge in [0, 0.05) is 15.5 Å². The second-order valence-corrected chi connectivity index (χ2v) is 5.74. The molecule has 0 bridgehead atoms. The smallest absolute Gasteiger partial charge is 0.253 e. The molecule has 0 radical (unpaired) electrons. The lowest BCUT2D eigenvalue weighted by Crippen LogP contribution is -2.34. The number of nitrogens with two attached hydrogens (primary N) is 1. The van der Waals surface area contributed by atoms with Gasteiger partial charge in [-0.1, -0.05) is 11.6 Å². The van der Waals surface area contributed by atoms with Crippen molar-refractivity contribution in [1.29, 1.82) is 0 Å². The Labute approximate surface area is 114 Å². The molecule has 1 saturated carbocycles. The minimum Gasteiger partial charge on any atom is -0.397 e. The van der Waals surface area contributed by atoms with Crippen LogP contribution in [0.3, 0.4) is 0 Å². The molecule has 0 saturated heterocycles. The van der Waals surface area contributed by atoms with Gasteiger partial charge in [-0.2, -0.15) is 0 Å². The van der Waals surface area contributed by atoms with Crippen molar-refractivity contribution in [2.45, 2.75) is 25.8 Å². The maximum atomic E-state index is 12.0. The molecule has 1 aromatic carbocycles. The Morgan fingerprint density at radius 1 is 1.59 bits per heavy atom. The van der Waals surface area contributed by atoms with Crippen LogP contribution in [0.5, 0.6) is 0 Å². The Morgan fingerprint density at radius 2 is 2.24 bits per heavy atom. The van der Waals surface area contributed by atoms with Gasteiger partial charge in [0.15, 0.2) is 0 Å². The van der Waals surface area contributed by atoms with Gasteiger partial charge in [-0.05, 0) is 53.7 Å². The van der Waals surface area contributed by atoms with E-state index in [9.17, 15) is 4.79 Å². The van der Waals surface area contributed by atoms with Gasteiger partial charge >= 0.3 is 0 Å². The van der Waals surface area contributed by atoms with Crippen LogP contribution in [-0.2, 0) is 0 Å². The van der Waals surface area contributed by atoms with Gasteiger partial charge in [0.05, 0.1) is 11.3 Å². The Kier molecular flexibility index (Phi) is 3.64. The number of anilines is 1. The van der Waals surface area contributed by atoms with Crippen LogP contribution < -0.4 is 11.1 Å². The van der Waals surface area contributed by atoms with E-state index in [2.05, 4.69) is 21.2 Å². The van der Waals surface area contributed by atoms with E-state index in [1.54, 1.807) is 12.1 Å². The van der Waals surface area contributed by atoms with E-state index in [0.29, 0.717) is 26.7 Å². The summed E-state index contributed by atoms with van der Waals surface area (Å²) in [6, 6.07) is 3.47. The molecule has 1 fully saturated rings. The number of rotatable bonds is 3. The number of halogens is 2. The van der Waals surface area contributed by atoms with Crippen LogP contribution in [0.15, 0.2) is 16.6 Å². The topological polar surface area (TPSA) is 55.1 Å². The zero-order chi connectivity index (χ0) is 12.6. The molecule has 0 aliphatic heterocycles. The molecule has 1 aliphatic rings. The normalized spacial score (nSPS) is 16.6. The molecule has 1 atom stereocenters. The fraction of sp³-hybridized carbons (Fsp3) is 0.417. The predicted molar refractivity (Wildman–Crippen MR) is 73.2 cm³/mol. The van der Waals surface area contributed by atoms with Crippen molar-refractivity contribution in [1.82, 2.24) is 5.32 Å². The Balaban J connectivity index is 2.17. The molecule has 1 amide bonds. The number of nitrogen functional groups attached to an aromatic ring is 1. The van der Waals surface area contributed by atoms with E-state index < -0.39 is 0 Å². The van der Waals surface area contributed by atoms with Crippen molar-refractivity contribution >= 4 is 39.1 Å². The van der Waals surface area contributed by atoms with Crippen LogP contribution in [0.2, 0.25) is 5.02 Å². The zero-order valence-electron chi connectivity index (χ0n) is 9.47. The summed E-state index contributed by atoms with van der Waals surface area (Å²) in [5.74, 6) is 0.452. The summed E-state index contributed by atoms with van der Waals surface area (Å²) in [6.45, 7) is 2.02. The summed E-state index contributed by atoms with van der Waals surface area (Å²) < 4.78 is 0.647. The van der Waals surface area contributed by atoms with Gasteiger partial charge in [-0.25, -0.2) is 0 Å². The molecule has 3 nitrogen and oxygen atoms in total. The number of carbonyl (C=O) groups is 1. The molecule has 5 heteroatoms. The van der Waals surface area contributed by atoms with Crippen molar-refractivity contribution < 1.29 is 4.79 Å². The molecule has 1 aromatic rings. The molecular formula is C12H14BrClN2O. The number of hydrogen-bond acceptors (Lipinski definition) is 2. The average Bonchev–Trinajstić information content (AvgIpc) is 3.06. The largest absolute Gasteiger partial charge is 0.397 e. The summed E-state index contributed by atoms with van der Waals surface area (Å²) in [7, 11) is 0. The second-order valence-electron chi connectivity index (χ2n) is 4.45. The van der Waals surface area contributed by atoms with E-state index in [1.807, 2.05) is 6.92 Å². The predicted octanol–water partition coefficient (Wildman–Crippen LogP) is 3.21. The number of hydrogen-bond donors (Lipinski definition) is 2. The van der Waals surface area contributed by atoms with Gasteiger partial charge in [0.1, 0.15) is 0 Å². The average molecular weight is 318 g/mol. The molecule has 92 valence electrons. The van der Waals surface area contributed by atoms with E-state index in [4.69, 9.17) is 17.3 Å². The van der Waals surface area contributed by atoms with Crippen molar-refractivity contribution in [2.75, 3.05) is 5.73 Å². The van der Waals surface area contributed by atoms with Crippen LogP contribution in [0.4, 0.5) is 5.69 Å². The number of carbonyl (C=O) groups excluding carboxylic acids is 1. The van der Waals surface area contributed by atoms with Crippen LogP contribution in [-0.4, -0.2) is 11.9 Å². The Bertz CT molecular complexity index is 460. The summed E-state index contributed by atoms with van der Waals surface area (Å²) >= 11 is 9.20. The van der Waals surface area contributed by atoms with Gasteiger partial charge in [0.25, 0.3) is 5.91 Å². The lowest BCUT2D eigenvalue weighted by atomic mass is 10.1. The summed E-state index contributed by atoms with van der Waals surface area (Å²) in [5.41, 5.74) is 6.71. The maximum Gasteiger partial charge on any atom is 0.253 e. The number of nitrogens with one attached hydrogen (secondary N) is 1. The van der Waals surface area contributed by atoms with Crippen molar-refractivity contribution in [3.05, 3.63) is 27.2 Å². The number of benzene rings is 1. The van der Waals surface area contributed by atoms with E-state index in [1.165, 1.54) is 12.8 Å². The third-order valence-corrected chi connectivity index (χ3v) is 3.90. The van der Waals surface area contributed by atoms with Gasteiger partial charge in [-0.3, -0.25) is 4.79 Å². The second kappa shape index (κ2) is 4.86. The molecule has 0 heterocycles. The zero-order valence-corrected chi connectivity index (χ0v) is 11.8. The molecule has 3 N–H and O–H groups in total. The molecule has 1 aliphatic carbocycles.